The van der Waals surface area contributed by atoms with Gasteiger partial charge < -0.3 is 5.32 Å². The van der Waals surface area contributed by atoms with Crippen LogP contribution in [0.1, 0.15) is 17.3 Å². The van der Waals surface area contributed by atoms with Crippen molar-refractivity contribution in [1.82, 2.24) is 9.97 Å². The first-order valence-electron chi connectivity index (χ1n) is 5.80. The Labute approximate surface area is 114 Å². The van der Waals surface area contributed by atoms with E-state index in [1.54, 1.807) is 24.3 Å². The zero-order chi connectivity index (χ0) is 13.2. The number of carbonyl (C=O) groups is 1. The van der Waals surface area contributed by atoms with Gasteiger partial charge in [0.1, 0.15) is 17.0 Å². The first-order chi connectivity index (χ1) is 9.24. The summed E-state index contributed by atoms with van der Waals surface area (Å²) in [5.41, 5.74) is 1.53. The number of aromatic nitrogens is 2. The summed E-state index contributed by atoms with van der Waals surface area (Å²) in [4.78, 5) is 20.8. The third-order valence-electron chi connectivity index (χ3n) is 2.79. The number of nitrogens with zero attached hydrogens (tertiary/aromatic N) is 2. The molecule has 0 bridgehead atoms. The van der Waals surface area contributed by atoms with Crippen molar-refractivity contribution >= 4 is 38.8 Å². The molecule has 0 unspecified atom stereocenters. The molecule has 0 aliphatic rings. The lowest BCUT2D eigenvalue weighted by atomic mass is 10.1. The van der Waals surface area contributed by atoms with Gasteiger partial charge in [-0.05, 0) is 30.5 Å². The minimum Gasteiger partial charge on any atom is -0.340 e. The largest absolute Gasteiger partial charge is 0.340 e. The maximum Gasteiger partial charge on any atom is 0.159 e. The molecule has 2 aromatic heterocycles. The number of hydrogen-bond donors (Lipinski definition) is 1. The van der Waals surface area contributed by atoms with Crippen molar-refractivity contribution in [2.45, 2.75) is 6.92 Å². The number of benzene rings is 1. The zero-order valence-electron chi connectivity index (χ0n) is 10.3. The van der Waals surface area contributed by atoms with Gasteiger partial charge in [-0.1, -0.05) is 12.1 Å². The van der Waals surface area contributed by atoms with Crippen LogP contribution in [0, 0.1) is 0 Å². The molecule has 0 spiro atoms. The fraction of sp³-hybridized carbons (Fsp3) is 0.0714. The summed E-state index contributed by atoms with van der Waals surface area (Å²) in [5.74, 6) is 0.805. The molecule has 1 N–H and O–H groups in total. The van der Waals surface area contributed by atoms with Gasteiger partial charge in [-0.25, -0.2) is 9.97 Å². The second-order valence-electron chi connectivity index (χ2n) is 4.12. The monoisotopic (exact) mass is 269 g/mol. The molecule has 1 aromatic carbocycles. The molecule has 2 heterocycles. The lowest BCUT2D eigenvalue weighted by Crippen LogP contribution is -1.97. The third-order valence-corrected chi connectivity index (χ3v) is 3.61. The van der Waals surface area contributed by atoms with E-state index in [1.165, 1.54) is 6.33 Å². The van der Waals surface area contributed by atoms with Crippen LogP contribution in [0.15, 0.2) is 42.0 Å². The fourth-order valence-electron chi connectivity index (χ4n) is 1.84. The Morgan fingerprint density at radius 1 is 1.26 bits per heavy atom. The molecule has 0 saturated heterocycles. The van der Waals surface area contributed by atoms with Gasteiger partial charge in [0, 0.05) is 11.3 Å². The highest BCUT2D eigenvalue weighted by atomic mass is 32.1. The molecule has 3 rings (SSSR count). The molecule has 4 nitrogen and oxygen atoms in total. The molecular formula is C14H11N3OS. The smallest absolute Gasteiger partial charge is 0.159 e. The second-order valence-corrected chi connectivity index (χ2v) is 5.02. The summed E-state index contributed by atoms with van der Waals surface area (Å²) < 4.78 is 0. The zero-order valence-corrected chi connectivity index (χ0v) is 11.1. The molecular weight excluding hydrogens is 258 g/mol. The quantitative estimate of drug-likeness (QED) is 0.737. The molecule has 0 saturated carbocycles. The van der Waals surface area contributed by atoms with Crippen LogP contribution in [-0.4, -0.2) is 15.8 Å². The van der Waals surface area contributed by atoms with Gasteiger partial charge in [-0.15, -0.1) is 11.3 Å². The highest BCUT2D eigenvalue weighted by molar-refractivity contribution is 7.16. The van der Waals surface area contributed by atoms with Crippen molar-refractivity contribution in [3.8, 4) is 0 Å². The molecule has 0 aliphatic carbocycles. The number of rotatable bonds is 3. The Balaban J connectivity index is 1.99. The van der Waals surface area contributed by atoms with Crippen molar-refractivity contribution in [2.75, 3.05) is 5.32 Å². The number of fused-ring (bicyclic) bond motifs is 1. The summed E-state index contributed by atoms with van der Waals surface area (Å²) >= 11 is 1.57. The van der Waals surface area contributed by atoms with Crippen molar-refractivity contribution in [1.29, 1.82) is 0 Å². The lowest BCUT2D eigenvalue weighted by Gasteiger charge is -2.07. The number of thiophene rings is 1. The predicted molar refractivity (Wildman–Crippen MR) is 77.1 cm³/mol. The molecule has 0 radical (unpaired) electrons. The van der Waals surface area contributed by atoms with Crippen molar-refractivity contribution in [3.05, 3.63) is 47.6 Å². The van der Waals surface area contributed by atoms with E-state index in [4.69, 9.17) is 0 Å². The van der Waals surface area contributed by atoms with Crippen LogP contribution in [0.4, 0.5) is 11.5 Å². The van der Waals surface area contributed by atoms with Crippen molar-refractivity contribution < 1.29 is 4.79 Å². The summed E-state index contributed by atoms with van der Waals surface area (Å²) in [7, 11) is 0. The van der Waals surface area contributed by atoms with Crippen LogP contribution in [0.25, 0.3) is 10.2 Å². The molecule has 5 heteroatoms. The van der Waals surface area contributed by atoms with Gasteiger partial charge in [0.25, 0.3) is 0 Å². The normalized spacial score (nSPS) is 10.6. The SMILES string of the molecule is CC(=O)c1cccc(Nc2ncnc3sccc23)c1. The van der Waals surface area contributed by atoms with Gasteiger partial charge in [0.2, 0.25) is 0 Å². The van der Waals surface area contributed by atoms with Crippen LogP contribution < -0.4 is 5.32 Å². The third kappa shape index (κ3) is 2.32. The van der Waals surface area contributed by atoms with E-state index in [-0.39, 0.29) is 5.78 Å². The first-order valence-corrected chi connectivity index (χ1v) is 6.68. The van der Waals surface area contributed by atoms with Gasteiger partial charge in [-0.3, -0.25) is 4.79 Å². The van der Waals surface area contributed by atoms with Crippen molar-refractivity contribution in [2.24, 2.45) is 0 Å². The molecule has 0 aliphatic heterocycles. The summed E-state index contributed by atoms with van der Waals surface area (Å²) in [5, 5.41) is 6.20. The van der Waals surface area contributed by atoms with Crippen LogP contribution in [-0.2, 0) is 0 Å². The van der Waals surface area contributed by atoms with Crippen molar-refractivity contribution in [3.63, 3.8) is 0 Å². The average Bonchev–Trinajstić information content (AvgIpc) is 2.88. The van der Waals surface area contributed by atoms with Gasteiger partial charge in [-0.2, -0.15) is 0 Å². The molecule has 0 amide bonds. The average molecular weight is 269 g/mol. The van der Waals surface area contributed by atoms with Crippen LogP contribution >= 0.6 is 11.3 Å². The van der Waals surface area contributed by atoms with Gasteiger partial charge in [0.05, 0.1) is 5.39 Å². The number of carbonyl (C=O) groups excluding carboxylic acids is 1. The van der Waals surface area contributed by atoms with Gasteiger partial charge >= 0.3 is 0 Å². The summed E-state index contributed by atoms with van der Waals surface area (Å²) in [6, 6.07) is 9.37. The number of nitrogens with one attached hydrogen (secondary N) is 1. The molecule has 19 heavy (non-hydrogen) atoms. The Morgan fingerprint density at radius 2 is 2.16 bits per heavy atom. The maximum absolute atomic E-state index is 11.4. The molecule has 94 valence electrons. The highest BCUT2D eigenvalue weighted by Crippen LogP contribution is 2.26. The number of Topliss-reactive ketones (excluding diaryl/α,β-unsaturated/α-hetero) is 1. The highest BCUT2D eigenvalue weighted by Gasteiger charge is 2.06. The molecule has 0 fully saturated rings. The van der Waals surface area contributed by atoms with E-state index in [0.29, 0.717) is 5.56 Å². The Morgan fingerprint density at radius 3 is 3.00 bits per heavy atom. The van der Waals surface area contributed by atoms with Crippen LogP contribution in [0.2, 0.25) is 0 Å². The Bertz CT molecular complexity index is 751. The fourth-order valence-corrected chi connectivity index (χ4v) is 2.58. The standard InChI is InChI=1S/C14H11N3OS/c1-9(18)10-3-2-4-11(7-10)17-13-12-5-6-19-14(12)16-8-15-13/h2-8H,1H3,(H,15,16,17). The number of ketones is 1. The first kappa shape index (κ1) is 11.8. The minimum absolute atomic E-state index is 0.0482. The second kappa shape index (κ2) is 4.78. The predicted octanol–water partition coefficient (Wildman–Crippen LogP) is 3.64. The molecule has 3 aromatic rings. The van der Waals surface area contributed by atoms with Crippen LogP contribution in [0.3, 0.4) is 0 Å². The van der Waals surface area contributed by atoms with Crippen LogP contribution in [0.5, 0.6) is 0 Å². The van der Waals surface area contributed by atoms with E-state index < -0.39 is 0 Å². The number of hydrogen-bond acceptors (Lipinski definition) is 5. The Kier molecular flexibility index (Phi) is 2.97. The Hall–Kier alpha value is -2.27. The topological polar surface area (TPSA) is 54.9 Å². The lowest BCUT2D eigenvalue weighted by molar-refractivity contribution is 0.101. The van der Waals surface area contributed by atoms with E-state index in [0.717, 1.165) is 21.7 Å². The summed E-state index contributed by atoms with van der Waals surface area (Å²) in [6.07, 6.45) is 1.54. The van der Waals surface area contributed by atoms with E-state index in [1.807, 2.05) is 29.6 Å². The van der Waals surface area contributed by atoms with E-state index >= 15 is 0 Å². The van der Waals surface area contributed by atoms with E-state index in [9.17, 15) is 4.79 Å². The van der Waals surface area contributed by atoms with Gasteiger partial charge in [0.15, 0.2) is 5.78 Å². The summed E-state index contributed by atoms with van der Waals surface area (Å²) in [6.45, 7) is 1.56. The minimum atomic E-state index is 0.0482. The van der Waals surface area contributed by atoms with E-state index in [2.05, 4.69) is 15.3 Å². The maximum atomic E-state index is 11.4. The number of anilines is 2. The molecule has 0 atom stereocenters.